The maximum absolute atomic E-state index is 12.8. The molecule has 2 aromatic rings. The molecule has 0 aliphatic carbocycles. The lowest BCUT2D eigenvalue weighted by atomic mass is 9.82. The van der Waals surface area contributed by atoms with Crippen LogP contribution in [0.25, 0.3) is 10.9 Å². The number of para-hydroxylation sites is 1. The second kappa shape index (κ2) is 5.78. The van der Waals surface area contributed by atoms with Crippen molar-refractivity contribution in [3.63, 3.8) is 0 Å². The molecule has 1 saturated heterocycles. The summed E-state index contributed by atoms with van der Waals surface area (Å²) in [6.07, 6.45) is 1.90. The molecule has 1 aliphatic rings. The third-order valence-electron chi connectivity index (χ3n) is 4.30. The molecule has 0 N–H and O–H groups in total. The fourth-order valence-corrected chi connectivity index (χ4v) is 3.09. The molecule has 0 radical (unpaired) electrons. The Kier molecular flexibility index (Phi) is 4.00. The van der Waals surface area contributed by atoms with Crippen LogP contribution < -0.4 is 5.56 Å². The second-order valence-electron chi connectivity index (χ2n) is 5.99. The summed E-state index contributed by atoms with van der Waals surface area (Å²) in [5.41, 5.74) is 0.781. The molecule has 4 nitrogen and oxygen atoms in total. The van der Waals surface area contributed by atoms with Gasteiger partial charge in [-0.05, 0) is 30.4 Å². The van der Waals surface area contributed by atoms with Crippen LogP contribution in [0.5, 0.6) is 0 Å². The predicted molar refractivity (Wildman–Crippen MR) is 83.7 cm³/mol. The number of benzene rings is 1. The summed E-state index contributed by atoms with van der Waals surface area (Å²) in [6.45, 7) is 4.36. The first-order chi connectivity index (χ1) is 10.1. The monoisotopic (exact) mass is 306 g/mol. The quantitative estimate of drug-likeness (QED) is 0.819. The topological polar surface area (TPSA) is 44.1 Å². The van der Waals surface area contributed by atoms with Crippen LogP contribution in [0.3, 0.4) is 0 Å². The minimum Gasteiger partial charge on any atom is -0.381 e. The standard InChI is InChI=1S/C16H19ClN2O2/c1-16(6-8-21-9-7-16)11-19-14(10-17)18-13-5-3-2-4-12(13)15(19)20/h2-5H,6-11H2,1H3. The van der Waals surface area contributed by atoms with E-state index in [1.165, 1.54) is 0 Å². The molecular weight excluding hydrogens is 288 g/mol. The van der Waals surface area contributed by atoms with Crippen LogP contribution in [0.4, 0.5) is 0 Å². The maximum Gasteiger partial charge on any atom is 0.261 e. The highest BCUT2D eigenvalue weighted by molar-refractivity contribution is 6.16. The summed E-state index contributed by atoms with van der Waals surface area (Å²) < 4.78 is 7.18. The summed E-state index contributed by atoms with van der Waals surface area (Å²) in [5.74, 6) is 0.889. The van der Waals surface area contributed by atoms with Crippen LogP contribution in [0.2, 0.25) is 0 Å². The first kappa shape index (κ1) is 14.5. The van der Waals surface area contributed by atoms with E-state index in [0.717, 1.165) is 26.1 Å². The van der Waals surface area contributed by atoms with Crippen LogP contribution >= 0.6 is 11.6 Å². The number of rotatable bonds is 3. The number of nitrogens with zero attached hydrogens (tertiary/aromatic N) is 2. The molecule has 0 saturated carbocycles. The number of fused-ring (bicyclic) bond motifs is 1. The highest BCUT2D eigenvalue weighted by Crippen LogP contribution is 2.31. The van der Waals surface area contributed by atoms with E-state index < -0.39 is 0 Å². The molecule has 21 heavy (non-hydrogen) atoms. The summed E-state index contributed by atoms with van der Waals surface area (Å²) in [7, 11) is 0. The molecule has 2 heterocycles. The minimum absolute atomic E-state index is 0.00367. The normalized spacial score (nSPS) is 18.0. The van der Waals surface area contributed by atoms with E-state index in [2.05, 4.69) is 11.9 Å². The van der Waals surface area contributed by atoms with Gasteiger partial charge >= 0.3 is 0 Å². The van der Waals surface area contributed by atoms with Gasteiger partial charge in [-0.15, -0.1) is 11.6 Å². The lowest BCUT2D eigenvalue weighted by Crippen LogP contribution is -2.36. The Morgan fingerprint density at radius 1 is 1.33 bits per heavy atom. The van der Waals surface area contributed by atoms with Crippen LogP contribution in [0.1, 0.15) is 25.6 Å². The number of alkyl halides is 1. The predicted octanol–water partition coefficient (Wildman–Crippen LogP) is 2.95. The molecular formula is C16H19ClN2O2. The van der Waals surface area contributed by atoms with E-state index in [4.69, 9.17) is 16.3 Å². The zero-order valence-electron chi connectivity index (χ0n) is 12.1. The molecule has 0 spiro atoms. The van der Waals surface area contributed by atoms with Crippen molar-refractivity contribution in [2.45, 2.75) is 32.2 Å². The third kappa shape index (κ3) is 2.83. The summed E-state index contributed by atoms with van der Waals surface area (Å²) in [5, 5.41) is 0.655. The molecule has 0 bridgehead atoms. The molecule has 1 aliphatic heterocycles. The van der Waals surface area contributed by atoms with Crippen molar-refractivity contribution in [2.24, 2.45) is 5.41 Å². The maximum atomic E-state index is 12.8. The van der Waals surface area contributed by atoms with E-state index in [1.807, 2.05) is 24.3 Å². The van der Waals surface area contributed by atoms with Gasteiger partial charge in [-0.2, -0.15) is 0 Å². The van der Waals surface area contributed by atoms with Crippen LogP contribution in [0.15, 0.2) is 29.1 Å². The number of aromatic nitrogens is 2. The molecule has 1 aromatic heterocycles. The molecule has 0 amide bonds. The largest absolute Gasteiger partial charge is 0.381 e. The van der Waals surface area contributed by atoms with Gasteiger partial charge in [-0.25, -0.2) is 4.98 Å². The molecule has 1 aromatic carbocycles. The Balaban J connectivity index is 2.08. The Morgan fingerprint density at radius 2 is 2.05 bits per heavy atom. The summed E-state index contributed by atoms with van der Waals surface area (Å²) in [6, 6.07) is 7.43. The summed E-state index contributed by atoms with van der Waals surface area (Å²) >= 11 is 6.02. The third-order valence-corrected chi connectivity index (χ3v) is 4.54. The average molecular weight is 307 g/mol. The van der Waals surface area contributed by atoms with Crippen LogP contribution in [0, 0.1) is 5.41 Å². The van der Waals surface area contributed by atoms with Crippen molar-refractivity contribution < 1.29 is 4.74 Å². The van der Waals surface area contributed by atoms with E-state index in [0.29, 0.717) is 23.3 Å². The van der Waals surface area contributed by atoms with E-state index in [9.17, 15) is 4.79 Å². The van der Waals surface area contributed by atoms with Gasteiger partial charge in [0.05, 0.1) is 16.8 Å². The van der Waals surface area contributed by atoms with Gasteiger partial charge in [0, 0.05) is 19.8 Å². The van der Waals surface area contributed by atoms with Gasteiger partial charge in [0.2, 0.25) is 0 Å². The fourth-order valence-electron chi connectivity index (χ4n) is 2.88. The Labute approximate surface area is 128 Å². The molecule has 5 heteroatoms. The zero-order valence-corrected chi connectivity index (χ0v) is 12.9. The highest BCUT2D eigenvalue weighted by Gasteiger charge is 2.29. The Morgan fingerprint density at radius 3 is 2.76 bits per heavy atom. The molecule has 1 fully saturated rings. The number of ether oxygens (including phenoxy) is 1. The number of halogens is 1. The lowest BCUT2D eigenvalue weighted by molar-refractivity contribution is 0.0146. The highest BCUT2D eigenvalue weighted by atomic mass is 35.5. The first-order valence-corrected chi connectivity index (χ1v) is 7.79. The fraction of sp³-hybridized carbons (Fsp3) is 0.500. The molecule has 3 rings (SSSR count). The van der Waals surface area contributed by atoms with Crippen molar-refractivity contribution in [2.75, 3.05) is 13.2 Å². The Hall–Kier alpha value is -1.39. The van der Waals surface area contributed by atoms with E-state index in [-0.39, 0.29) is 16.9 Å². The van der Waals surface area contributed by atoms with E-state index in [1.54, 1.807) is 4.57 Å². The SMILES string of the molecule is CC1(Cn2c(CCl)nc3ccccc3c2=O)CCOCC1. The zero-order chi connectivity index (χ0) is 14.9. The van der Waals surface area contributed by atoms with Gasteiger partial charge in [-0.3, -0.25) is 9.36 Å². The molecule has 0 atom stereocenters. The number of hydrogen-bond donors (Lipinski definition) is 0. The average Bonchev–Trinajstić information content (AvgIpc) is 2.50. The smallest absolute Gasteiger partial charge is 0.261 e. The van der Waals surface area contributed by atoms with Crippen LogP contribution in [-0.4, -0.2) is 22.8 Å². The molecule has 112 valence electrons. The minimum atomic E-state index is 0.00367. The number of hydrogen-bond acceptors (Lipinski definition) is 3. The van der Waals surface area contributed by atoms with Crippen molar-refractivity contribution in [1.82, 2.24) is 9.55 Å². The van der Waals surface area contributed by atoms with Gasteiger partial charge in [-0.1, -0.05) is 19.1 Å². The second-order valence-corrected chi connectivity index (χ2v) is 6.26. The van der Waals surface area contributed by atoms with Gasteiger partial charge in [0.25, 0.3) is 5.56 Å². The van der Waals surface area contributed by atoms with Crippen molar-refractivity contribution in [1.29, 1.82) is 0 Å². The van der Waals surface area contributed by atoms with Crippen molar-refractivity contribution in [3.8, 4) is 0 Å². The van der Waals surface area contributed by atoms with Crippen LogP contribution in [-0.2, 0) is 17.2 Å². The van der Waals surface area contributed by atoms with Gasteiger partial charge in [0.1, 0.15) is 5.82 Å². The first-order valence-electron chi connectivity index (χ1n) is 7.25. The van der Waals surface area contributed by atoms with Gasteiger partial charge in [0.15, 0.2) is 0 Å². The van der Waals surface area contributed by atoms with Crippen molar-refractivity contribution >= 4 is 22.5 Å². The van der Waals surface area contributed by atoms with E-state index >= 15 is 0 Å². The Bertz CT molecular complexity index is 705. The summed E-state index contributed by atoms with van der Waals surface area (Å²) in [4.78, 5) is 17.3. The van der Waals surface area contributed by atoms with Gasteiger partial charge < -0.3 is 4.74 Å². The lowest BCUT2D eigenvalue weighted by Gasteiger charge is -2.34. The molecule has 0 unspecified atom stereocenters. The van der Waals surface area contributed by atoms with Crippen molar-refractivity contribution in [3.05, 3.63) is 40.4 Å².